The minimum absolute atomic E-state index is 0.0359. The van der Waals surface area contributed by atoms with E-state index in [-0.39, 0.29) is 11.3 Å². The molecule has 82 valence electrons. The summed E-state index contributed by atoms with van der Waals surface area (Å²) < 4.78 is 0. The Morgan fingerprint density at radius 2 is 2.13 bits per heavy atom. The van der Waals surface area contributed by atoms with Crippen molar-refractivity contribution < 1.29 is 4.79 Å². The number of aromatic nitrogens is 1. The van der Waals surface area contributed by atoms with E-state index in [9.17, 15) is 4.79 Å². The van der Waals surface area contributed by atoms with Crippen molar-refractivity contribution in [2.45, 2.75) is 33.7 Å². The molecule has 3 nitrogen and oxygen atoms in total. The van der Waals surface area contributed by atoms with Crippen molar-refractivity contribution >= 4 is 5.91 Å². The smallest absolute Gasteiger partial charge is 0.220 e. The van der Waals surface area contributed by atoms with Gasteiger partial charge in [-0.1, -0.05) is 26.8 Å². The molecule has 1 amide bonds. The molecule has 0 radical (unpaired) electrons. The predicted octanol–water partition coefficient (Wildman–Crippen LogP) is 2.13. The third kappa shape index (κ3) is 5.15. The van der Waals surface area contributed by atoms with Crippen molar-refractivity contribution in [3.05, 3.63) is 30.1 Å². The maximum atomic E-state index is 11.5. The Morgan fingerprint density at radius 3 is 2.67 bits per heavy atom. The minimum Gasteiger partial charge on any atom is -0.350 e. The molecule has 0 unspecified atom stereocenters. The van der Waals surface area contributed by atoms with Crippen molar-refractivity contribution in [1.82, 2.24) is 10.3 Å². The van der Waals surface area contributed by atoms with Gasteiger partial charge in [-0.05, 0) is 17.5 Å². The summed E-state index contributed by atoms with van der Waals surface area (Å²) in [6, 6.07) is 5.68. The van der Waals surface area contributed by atoms with Gasteiger partial charge in [0.15, 0.2) is 0 Å². The first-order valence-electron chi connectivity index (χ1n) is 5.14. The average molecular weight is 206 g/mol. The number of carbonyl (C=O) groups is 1. The summed E-state index contributed by atoms with van der Waals surface area (Å²) >= 11 is 0. The topological polar surface area (TPSA) is 42.0 Å². The molecule has 1 heterocycles. The van der Waals surface area contributed by atoms with Crippen LogP contribution in [0.2, 0.25) is 0 Å². The first-order chi connectivity index (χ1) is 6.97. The van der Waals surface area contributed by atoms with E-state index in [0.29, 0.717) is 13.0 Å². The number of hydrogen-bond donors (Lipinski definition) is 1. The van der Waals surface area contributed by atoms with Crippen molar-refractivity contribution in [2.24, 2.45) is 5.41 Å². The van der Waals surface area contributed by atoms with Crippen LogP contribution in [-0.4, -0.2) is 10.9 Å². The standard InChI is InChI=1S/C12H18N2O/c1-12(2,3)8-11(15)14-9-10-6-4-5-7-13-10/h4-7H,8-9H2,1-3H3,(H,14,15). The third-order valence-corrected chi connectivity index (χ3v) is 1.88. The molecule has 0 atom stereocenters. The third-order valence-electron chi connectivity index (χ3n) is 1.88. The first-order valence-corrected chi connectivity index (χ1v) is 5.14. The maximum Gasteiger partial charge on any atom is 0.220 e. The van der Waals surface area contributed by atoms with E-state index < -0.39 is 0 Å². The second-order valence-electron chi connectivity index (χ2n) is 4.84. The van der Waals surface area contributed by atoms with E-state index in [2.05, 4.69) is 10.3 Å². The van der Waals surface area contributed by atoms with Crippen molar-refractivity contribution in [3.63, 3.8) is 0 Å². The molecule has 1 aromatic rings. The van der Waals surface area contributed by atoms with E-state index in [1.165, 1.54) is 0 Å². The molecule has 0 spiro atoms. The van der Waals surface area contributed by atoms with Crippen LogP contribution in [0.4, 0.5) is 0 Å². The van der Waals surface area contributed by atoms with Crippen LogP contribution < -0.4 is 5.32 Å². The van der Waals surface area contributed by atoms with Crippen LogP contribution in [0.15, 0.2) is 24.4 Å². The molecular weight excluding hydrogens is 188 g/mol. The van der Waals surface area contributed by atoms with E-state index in [1.807, 2.05) is 39.0 Å². The average Bonchev–Trinajstić information content (AvgIpc) is 2.14. The van der Waals surface area contributed by atoms with Crippen LogP contribution in [0.1, 0.15) is 32.9 Å². The van der Waals surface area contributed by atoms with E-state index in [1.54, 1.807) is 6.20 Å². The highest BCUT2D eigenvalue weighted by Gasteiger charge is 2.15. The number of amides is 1. The van der Waals surface area contributed by atoms with Crippen LogP contribution >= 0.6 is 0 Å². The largest absolute Gasteiger partial charge is 0.350 e. The lowest BCUT2D eigenvalue weighted by molar-refractivity contribution is -0.122. The fourth-order valence-corrected chi connectivity index (χ4v) is 1.24. The predicted molar refractivity (Wildman–Crippen MR) is 60.2 cm³/mol. The van der Waals surface area contributed by atoms with E-state index >= 15 is 0 Å². The van der Waals surface area contributed by atoms with Gasteiger partial charge in [0.2, 0.25) is 5.91 Å². The Balaban J connectivity index is 2.35. The molecule has 3 heteroatoms. The quantitative estimate of drug-likeness (QED) is 0.823. The van der Waals surface area contributed by atoms with Gasteiger partial charge in [0.05, 0.1) is 12.2 Å². The fraction of sp³-hybridized carbons (Fsp3) is 0.500. The van der Waals surface area contributed by atoms with Gasteiger partial charge in [-0.3, -0.25) is 9.78 Å². The van der Waals surface area contributed by atoms with Crippen molar-refractivity contribution in [1.29, 1.82) is 0 Å². The Morgan fingerprint density at radius 1 is 1.40 bits per heavy atom. The maximum absolute atomic E-state index is 11.5. The van der Waals surface area contributed by atoms with Gasteiger partial charge in [-0.15, -0.1) is 0 Å². The molecule has 0 aliphatic carbocycles. The highest BCUT2D eigenvalue weighted by Crippen LogP contribution is 2.17. The van der Waals surface area contributed by atoms with Crippen LogP contribution in [0.5, 0.6) is 0 Å². The first kappa shape index (κ1) is 11.7. The van der Waals surface area contributed by atoms with Gasteiger partial charge in [0.25, 0.3) is 0 Å². The number of nitrogens with one attached hydrogen (secondary N) is 1. The van der Waals surface area contributed by atoms with Gasteiger partial charge in [-0.25, -0.2) is 0 Å². The molecule has 0 fully saturated rings. The van der Waals surface area contributed by atoms with Gasteiger partial charge in [-0.2, -0.15) is 0 Å². The number of hydrogen-bond acceptors (Lipinski definition) is 2. The van der Waals surface area contributed by atoms with E-state index in [4.69, 9.17) is 0 Å². The lowest BCUT2D eigenvalue weighted by Crippen LogP contribution is -2.27. The Hall–Kier alpha value is -1.38. The molecule has 1 rings (SSSR count). The summed E-state index contributed by atoms with van der Waals surface area (Å²) in [6.45, 7) is 6.66. The minimum atomic E-state index is 0.0359. The zero-order valence-electron chi connectivity index (χ0n) is 9.58. The lowest BCUT2D eigenvalue weighted by Gasteiger charge is -2.17. The van der Waals surface area contributed by atoms with Gasteiger partial charge in [0, 0.05) is 12.6 Å². The SMILES string of the molecule is CC(C)(C)CC(=O)NCc1ccccn1. The van der Waals surface area contributed by atoms with Gasteiger partial charge in [0.1, 0.15) is 0 Å². The molecule has 0 aromatic carbocycles. The molecule has 0 aliphatic rings. The molecule has 0 saturated carbocycles. The molecule has 1 aromatic heterocycles. The summed E-state index contributed by atoms with van der Waals surface area (Å²) in [5.41, 5.74) is 0.925. The summed E-state index contributed by atoms with van der Waals surface area (Å²) in [5, 5.41) is 2.85. The van der Waals surface area contributed by atoms with E-state index in [0.717, 1.165) is 5.69 Å². The Labute approximate surface area is 90.9 Å². The molecular formula is C12H18N2O. The summed E-state index contributed by atoms with van der Waals surface area (Å²) in [4.78, 5) is 15.6. The molecule has 0 bridgehead atoms. The molecule has 0 saturated heterocycles. The van der Waals surface area contributed by atoms with Crippen LogP contribution in [0, 0.1) is 5.41 Å². The van der Waals surface area contributed by atoms with Crippen molar-refractivity contribution in [3.8, 4) is 0 Å². The number of rotatable bonds is 3. The van der Waals surface area contributed by atoms with Crippen LogP contribution in [0.3, 0.4) is 0 Å². The zero-order chi connectivity index (χ0) is 11.3. The van der Waals surface area contributed by atoms with Crippen LogP contribution in [-0.2, 0) is 11.3 Å². The Kier molecular flexibility index (Phi) is 3.83. The molecule has 0 aliphatic heterocycles. The number of pyridine rings is 1. The summed E-state index contributed by atoms with van der Waals surface area (Å²) in [6.07, 6.45) is 2.27. The normalized spacial score (nSPS) is 11.1. The molecule has 1 N–H and O–H groups in total. The molecule has 15 heavy (non-hydrogen) atoms. The van der Waals surface area contributed by atoms with Gasteiger partial charge >= 0.3 is 0 Å². The van der Waals surface area contributed by atoms with Crippen LogP contribution in [0.25, 0.3) is 0 Å². The fourth-order valence-electron chi connectivity index (χ4n) is 1.24. The van der Waals surface area contributed by atoms with Crippen molar-refractivity contribution in [2.75, 3.05) is 0 Å². The monoisotopic (exact) mass is 206 g/mol. The second-order valence-corrected chi connectivity index (χ2v) is 4.84. The highest BCUT2D eigenvalue weighted by molar-refractivity contribution is 5.76. The lowest BCUT2D eigenvalue weighted by atomic mass is 9.92. The highest BCUT2D eigenvalue weighted by atomic mass is 16.1. The van der Waals surface area contributed by atoms with Gasteiger partial charge < -0.3 is 5.32 Å². The Bertz CT molecular complexity index is 314. The number of nitrogens with zero attached hydrogens (tertiary/aromatic N) is 1. The second kappa shape index (κ2) is 4.91. The summed E-state index contributed by atoms with van der Waals surface area (Å²) in [5.74, 6) is 0.0770. The number of carbonyl (C=O) groups excluding carboxylic acids is 1. The summed E-state index contributed by atoms with van der Waals surface area (Å²) in [7, 11) is 0. The zero-order valence-corrected chi connectivity index (χ0v) is 9.58.